The van der Waals surface area contributed by atoms with Gasteiger partial charge in [0.2, 0.25) is 11.8 Å². The minimum Gasteiger partial charge on any atom is -0.481 e. The largest absolute Gasteiger partial charge is 0.481 e. The Morgan fingerprint density at radius 1 is 1.05 bits per heavy atom. The second-order valence-corrected chi connectivity index (χ2v) is 13.6. The van der Waals surface area contributed by atoms with E-state index in [2.05, 4.69) is 20.9 Å². The zero-order valence-corrected chi connectivity index (χ0v) is 26.3. The number of methoxy groups -OCH3 is 1. The lowest BCUT2D eigenvalue weighted by molar-refractivity contribution is -0.119. The number of rotatable bonds is 8. The SMILES string of the molecule is COc1nc(-c2cccc(-c3ccnc(-c4ccc5c(c4)S(=O)(=O)CCNC5)c3Cl)c2Cl)ccc1CNC[C@H]1CCC(=O)N1. The van der Waals surface area contributed by atoms with E-state index in [1.807, 2.05) is 42.5 Å². The Kier molecular flexibility index (Phi) is 8.89. The molecule has 1 amide bonds. The smallest absolute Gasteiger partial charge is 0.220 e. The van der Waals surface area contributed by atoms with Gasteiger partial charge >= 0.3 is 0 Å². The van der Waals surface area contributed by atoms with Crippen LogP contribution in [0.2, 0.25) is 10.0 Å². The van der Waals surface area contributed by atoms with Crippen molar-refractivity contribution in [3.8, 4) is 39.5 Å². The van der Waals surface area contributed by atoms with Gasteiger partial charge in [-0.25, -0.2) is 13.4 Å². The van der Waals surface area contributed by atoms with Gasteiger partial charge in [0.25, 0.3) is 0 Å². The molecular weight excluding hydrogens is 621 g/mol. The third-order valence-electron chi connectivity index (χ3n) is 7.92. The van der Waals surface area contributed by atoms with Gasteiger partial charge in [0, 0.05) is 72.7 Å². The number of amides is 1. The van der Waals surface area contributed by atoms with Gasteiger partial charge in [-0.3, -0.25) is 9.78 Å². The fraction of sp³-hybridized carbons (Fsp3) is 0.281. The molecule has 228 valence electrons. The number of aromatic nitrogens is 2. The second-order valence-electron chi connectivity index (χ2n) is 10.8. The van der Waals surface area contributed by atoms with E-state index in [9.17, 15) is 13.2 Å². The number of pyridine rings is 2. The topological polar surface area (TPSA) is 122 Å². The Balaban J connectivity index is 1.29. The van der Waals surface area contributed by atoms with Crippen LogP contribution in [0.5, 0.6) is 5.88 Å². The molecule has 1 fully saturated rings. The van der Waals surface area contributed by atoms with Crippen LogP contribution in [0.4, 0.5) is 0 Å². The average Bonchev–Trinajstić information content (AvgIpc) is 3.37. The van der Waals surface area contributed by atoms with Crippen LogP contribution < -0.4 is 20.7 Å². The van der Waals surface area contributed by atoms with Crippen molar-refractivity contribution in [2.75, 3.05) is 26.0 Å². The third-order valence-corrected chi connectivity index (χ3v) is 10.5. The highest BCUT2D eigenvalue weighted by Gasteiger charge is 2.24. The van der Waals surface area contributed by atoms with Crippen LogP contribution in [-0.2, 0) is 27.7 Å². The van der Waals surface area contributed by atoms with Gasteiger partial charge in [0.15, 0.2) is 9.84 Å². The lowest BCUT2D eigenvalue weighted by atomic mass is 9.99. The summed E-state index contributed by atoms with van der Waals surface area (Å²) in [4.78, 5) is 21.0. The van der Waals surface area contributed by atoms with Crippen molar-refractivity contribution in [1.82, 2.24) is 25.9 Å². The minimum absolute atomic E-state index is 0.0312. The number of sulfone groups is 1. The summed E-state index contributed by atoms with van der Waals surface area (Å²) in [6.07, 6.45) is 3.03. The Hall–Kier alpha value is -3.54. The first kappa shape index (κ1) is 30.5. The van der Waals surface area contributed by atoms with Crippen LogP contribution in [0.3, 0.4) is 0 Å². The van der Waals surface area contributed by atoms with Crippen LogP contribution in [0, 0.1) is 0 Å². The maximum atomic E-state index is 12.9. The van der Waals surface area contributed by atoms with Crippen molar-refractivity contribution in [2.45, 2.75) is 36.9 Å². The van der Waals surface area contributed by atoms with Crippen molar-refractivity contribution in [3.63, 3.8) is 0 Å². The Morgan fingerprint density at radius 3 is 2.66 bits per heavy atom. The Labute approximate surface area is 266 Å². The number of carbonyl (C=O) groups excluding carboxylic acids is 1. The van der Waals surface area contributed by atoms with Gasteiger partial charge < -0.3 is 20.7 Å². The number of fused-ring (bicyclic) bond motifs is 1. The normalized spacial score (nSPS) is 17.5. The average molecular weight is 653 g/mol. The van der Waals surface area contributed by atoms with Gasteiger partial charge in [-0.15, -0.1) is 0 Å². The maximum absolute atomic E-state index is 12.9. The number of hydrogen-bond donors (Lipinski definition) is 3. The van der Waals surface area contributed by atoms with Crippen molar-refractivity contribution in [2.24, 2.45) is 0 Å². The molecule has 0 spiro atoms. The number of nitrogens with zero attached hydrogens (tertiary/aromatic N) is 2. The summed E-state index contributed by atoms with van der Waals surface area (Å²) in [7, 11) is -1.86. The molecule has 0 unspecified atom stereocenters. The van der Waals surface area contributed by atoms with E-state index in [1.165, 1.54) is 0 Å². The van der Waals surface area contributed by atoms with Crippen molar-refractivity contribution >= 4 is 38.9 Å². The summed E-state index contributed by atoms with van der Waals surface area (Å²) in [5, 5.41) is 10.3. The lowest BCUT2D eigenvalue weighted by Crippen LogP contribution is -2.35. The predicted molar refractivity (Wildman–Crippen MR) is 172 cm³/mol. The van der Waals surface area contributed by atoms with Crippen molar-refractivity contribution in [1.29, 1.82) is 0 Å². The molecule has 0 bridgehead atoms. The number of hydrogen-bond acceptors (Lipinski definition) is 8. The highest BCUT2D eigenvalue weighted by atomic mass is 35.5. The molecule has 6 rings (SSSR count). The number of nitrogens with one attached hydrogen (secondary N) is 3. The van der Waals surface area contributed by atoms with Gasteiger partial charge in [-0.1, -0.05) is 59.6 Å². The van der Waals surface area contributed by atoms with Gasteiger partial charge in [0.1, 0.15) is 0 Å². The molecule has 0 radical (unpaired) electrons. The summed E-state index contributed by atoms with van der Waals surface area (Å²) in [6, 6.07) is 16.7. The Morgan fingerprint density at radius 2 is 1.86 bits per heavy atom. The quantitative estimate of drug-likeness (QED) is 0.242. The van der Waals surface area contributed by atoms with E-state index in [0.717, 1.165) is 17.5 Å². The van der Waals surface area contributed by atoms with Gasteiger partial charge in [-0.05, 0) is 30.2 Å². The molecule has 2 aromatic heterocycles. The molecule has 12 heteroatoms. The summed E-state index contributed by atoms with van der Waals surface area (Å²) < 4.78 is 31.4. The van der Waals surface area contributed by atoms with Gasteiger partial charge in [-0.2, -0.15) is 0 Å². The van der Waals surface area contributed by atoms with Crippen LogP contribution in [0.1, 0.15) is 24.0 Å². The highest BCUT2D eigenvalue weighted by Crippen LogP contribution is 2.42. The molecule has 3 N–H and O–H groups in total. The van der Waals surface area contributed by atoms with E-state index in [4.69, 9.17) is 32.9 Å². The number of halogens is 2. The van der Waals surface area contributed by atoms with Crippen LogP contribution in [0.15, 0.2) is 65.7 Å². The summed E-state index contributed by atoms with van der Waals surface area (Å²) in [6.45, 7) is 2.08. The molecular formula is C32H31Cl2N5O4S. The van der Waals surface area contributed by atoms with Crippen LogP contribution in [-0.4, -0.2) is 56.3 Å². The highest BCUT2D eigenvalue weighted by molar-refractivity contribution is 7.91. The summed E-state index contributed by atoms with van der Waals surface area (Å²) >= 11 is 14.0. The van der Waals surface area contributed by atoms with Crippen molar-refractivity contribution < 1.29 is 17.9 Å². The molecule has 2 aromatic carbocycles. The maximum Gasteiger partial charge on any atom is 0.220 e. The fourth-order valence-electron chi connectivity index (χ4n) is 5.61. The molecule has 9 nitrogen and oxygen atoms in total. The predicted octanol–water partition coefficient (Wildman–Crippen LogP) is 5.04. The van der Waals surface area contributed by atoms with Crippen LogP contribution in [0.25, 0.3) is 33.6 Å². The lowest BCUT2D eigenvalue weighted by Gasteiger charge is -2.16. The molecule has 0 aliphatic carbocycles. The molecule has 1 atom stereocenters. The molecule has 2 aliphatic heterocycles. The molecule has 0 saturated carbocycles. The first-order valence-corrected chi connectivity index (χ1v) is 16.7. The fourth-order valence-corrected chi connectivity index (χ4v) is 7.74. The zero-order chi connectivity index (χ0) is 30.8. The molecule has 2 aliphatic rings. The minimum atomic E-state index is -3.44. The van der Waals surface area contributed by atoms with Gasteiger partial charge in [0.05, 0.1) is 39.2 Å². The van der Waals surface area contributed by atoms with E-state index in [1.54, 1.807) is 25.4 Å². The number of ether oxygens (including phenoxy) is 1. The zero-order valence-electron chi connectivity index (χ0n) is 24.0. The molecule has 4 heterocycles. The van der Waals surface area contributed by atoms with E-state index in [0.29, 0.717) is 87.1 Å². The summed E-state index contributed by atoms with van der Waals surface area (Å²) in [5.74, 6) is 0.597. The van der Waals surface area contributed by atoms with E-state index >= 15 is 0 Å². The second kappa shape index (κ2) is 12.8. The van der Waals surface area contributed by atoms with E-state index in [-0.39, 0.29) is 17.7 Å². The Bertz CT molecular complexity index is 1850. The number of benzene rings is 2. The molecule has 44 heavy (non-hydrogen) atoms. The van der Waals surface area contributed by atoms with Crippen LogP contribution >= 0.6 is 23.2 Å². The molecule has 4 aromatic rings. The standard InChI is InChI=1S/C32H31Cl2N5O4S/c1-43-32-21(17-36-18-22-8-10-28(40)38-22)7-9-26(39-32)25-4-2-3-23(29(25)33)24-11-12-37-31(30(24)34)19-5-6-20-16-35-13-14-44(41,42)27(20)15-19/h2-7,9,11-12,15,22,35-36H,8,10,13-14,16-18H2,1H3,(H,38,40)/t22-/m1/s1. The first-order chi connectivity index (χ1) is 21.2. The van der Waals surface area contributed by atoms with Crippen molar-refractivity contribution in [3.05, 3.63) is 82.0 Å². The third kappa shape index (κ3) is 6.18. The molecule has 1 saturated heterocycles. The summed E-state index contributed by atoms with van der Waals surface area (Å²) in [5.41, 5.74) is 5.37. The monoisotopic (exact) mass is 651 g/mol. The number of carbonyl (C=O) groups is 1. The first-order valence-electron chi connectivity index (χ1n) is 14.3. The van der Waals surface area contributed by atoms with E-state index < -0.39 is 9.84 Å².